The van der Waals surface area contributed by atoms with Crippen molar-refractivity contribution in [2.45, 2.75) is 26.8 Å². The predicted octanol–water partition coefficient (Wildman–Crippen LogP) is 3.21. The Bertz CT molecular complexity index is 494. The first kappa shape index (κ1) is 11.7. The first-order valence-electron chi connectivity index (χ1n) is 5.88. The Labute approximate surface area is 102 Å². The molecule has 0 bridgehead atoms. The SMILES string of the molecule is Cc1cc(C)cc(C(C)Nc2cnn(C)c2)c1. The molecule has 0 saturated heterocycles. The Balaban J connectivity index is 2.16. The molecular formula is C14H19N3. The maximum absolute atomic E-state index is 4.15. The fourth-order valence-electron chi connectivity index (χ4n) is 2.09. The van der Waals surface area contributed by atoms with Crippen LogP contribution in [0.15, 0.2) is 30.6 Å². The Kier molecular flexibility index (Phi) is 3.18. The van der Waals surface area contributed by atoms with E-state index in [1.54, 1.807) is 4.68 Å². The Morgan fingerprint density at radius 2 is 1.82 bits per heavy atom. The Morgan fingerprint density at radius 3 is 2.35 bits per heavy atom. The summed E-state index contributed by atoms with van der Waals surface area (Å²) in [5.41, 5.74) is 4.98. The van der Waals surface area contributed by atoms with E-state index in [0.29, 0.717) is 0 Å². The quantitative estimate of drug-likeness (QED) is 0.875. The molecular weight excluding hydrogens is 210 g/mol. The van der Waals surface area contributed by atoms with Crippen molar-refractivity contribution in [3.63, 3.8) is 0 Å². The van der Waals surface area contributed by atoms with Crippen molar-refractivity contribution in [1.29, 1.82) is 0 Å². The van der Waals surface area contributed by atoms with Gasteiger partial charge in [-0.25, -0.2) is 0 Å². The zero-order valence-corrected chi connectivity index (χ0v) is 10.9. The Morgan fingerprint density at radius 1 is 1.18 bits per heavy atom. The monoisotopic (exact) mass is 229 g/mol. The molecule has 0 saturated carbocycles. The molecule has 3 heteroatoms. The summed E-state index contributed by atoms with van der Waals surface area (Å²) in [7, 11) is 1.92. The molecule has 0 spiro atoms. The first-order valence-corrected chi connectivity index (χ1v) is 5.88. The average Bonchev–Trinajstić information content (AvgIpc) is 2.62. The van der Waals surface area contributed by atoms with Crippen molar-refractivity contribution >= 4 is 5.69 Å². The third-order valence-electron chi connectivity index (χ3n) is 2.83. The second-order valence-electron chi connectivity index (χ2n) is 4.69. The molecule has 0 aliphatic carbocycles. The Hall–Kier alpha value is -1.77. The van der Waals surface area contributed by atoms with Crippen LogP contribution in [0.3, 0.4) is 0 Å². The van der Waals surface area contributed by atoms with Gasteiger partial charge >= 0.3 is 0 Å². The van der Waals surface area contributed by atoms with Crippen LogP contribution in [0.2, 0.25) is 0 Å². The van der Waals surface area contributed by atoms with Gasteiger partial charge in [0.15, 0.2) is 0 Å². The minimum Gasteiger partial charge on any atom is -0.376 e. The topological polar surface area (TPSA) is 29.9 Å². The molecule has 0 aliphatic rings. The number of rotatable bonds is 3. The predicted molar refractivity (Wildman–Crippen MR) is 71.2 cm³/mol. The van der Waals surface area contributed by atoms with Crippen molar-refractivity contribution in [3.05, 3.63) is 47.3 Å². The first-order chi connectivity index (χ1) is 8.04. The maximum atomic E-state index is 4.15. The highest BCUT2D eigenvalue weighted by atomic mass is 15.3. The van der Waals surface area contributed by atoms with Gasteiger partial charge in [0.25, 0.3) is 0 Å². The molecule has 1 unspecified atom stereocenters. The number of benzene rings is 1. The van der Waals surface area contributed by atoms with Gasteiger partial charge in [0.1, 0.15) is 0 Å². The maximum Gasteiger partial charge on any atom is 0.0731 e. The molecule has 2 rings (SSSR count). The molecule has 0 fully saturated rings. The molecule has 1 atom stereocenters. The van der Waals surface area contributed by atoms with Crippen molar-refractivity contribution in [2.75, 3.05) is 5.32 Å². The van der Waals surface area contributed by atoms with E-state index in [1.807, 2.05) is 19.4 Å². The number of anilines is 1. The molecule has 1 heterocycles. The highest BCUT2D eigenvalue weighted by Crippen LogP contribution is 2.20. The van der Waals surface area contributed by atoms with Gasteiger partial charge in [-0.2, -0.15) is 5.10 Å². The van der Waals surface area contributed by atoms with Gasteiger partial charge in [0.05, 0.1) is 11.9 Å². The molecule has 90 valence electrons. The van der Waals surface area contributed by atoms with E-state index in [0.717, 1.165) is 5.69 Å². The van der Waals surface area contributed by atoms with E-state index < -0.39 is 0 Å². The van der Waals surface area contributed by atoms with Gasteiger partial charge < -0.3 is 5.32 Å². The number of hydrogen-bond donors (Lipinski definition) is 1. The largest absolute Gasteiger partial charge is 0.376 e. The summed E-state index contributed by atoms with van der Waals surface area (Å²) in [4.78, 5) is 0. The lowest BCUT2D eigenvalue weighted by atomic mass is 10.0. The van der Waals surface area contributed by atoms with Gasteiger partial charge in [-0.1, -0.05) is 29.3 Å². The molecule has 1 aromatic carbocycles. The number of aryl methyl sites for hydroxylation is 3. The molecule has 17 heavy (non-hydrogen) atoms. The van der Waals surface area contributed by atoms with Gasteiger partial charge in [-0.05, 0) is 26.3 Å². The average molecular weight is 229 g/mol. The van der Waals surface area contributed by atoms with Crippen molar-refractivity contribution in [1.82, 2.24) is 9.78 Å². The van der Waals surface area contributed by atoms with Crippen LogP contribution in [-0.4, -0.2) is 9.78 Å². The standard InChI is InChI=1S/C14H19N3/c1-10-5-11(2)7-13(6-10)12(3)16-14-8-15-17(4)9-14/h5-9,12,16H,1-4H3. The van der Waals surface area contributed by atoms with E-state index in [9.17, 15) is 0 Å². The summed E-state index contributed by atoms with van der Waals surface area (Å²) in [6.07, 6.45) is 3.83. The summed E-state index contributed by atoms with van der Waals surface area (Å²) in [5.74, 6) is 0. The number of nitrogens with zero attached hydrogens (tertiary/aromatic N) is 2. The molecule has 0 radical (unpaired) electrons. The normalized spacial score (nSPS) is 12.5. The van der Waals surface area contributed by atoms with Crippen LogP contribution < -0.4 is 5.32 Å². The van der Waals surface area contributed by atoms with E-state index in [2.05, 4.69) is 49.4 Å². The van der Waals surface area contributed by atoms with Gasteiger partial charge in [-0.15, -0.1) is 0 Å². The van der Waals surface area contributed by atoms with Crippen LogP contribution in [0.4, 0.5) is 5.69 Å². The second kappa shape index (κ2) is 4.62. The third kappa shape index (κ3) is 2.87. The number of hydrogen-bond acceptors (Lipinski definition) is 2. The summed E-state index contributed by atoms with van der Waals surface area (Å²) >= 11 is 0. The van der Waals surface area contributed by atoms with Gasteiger partial charge in [0, 0.05) is 19.3 Å². The van der Waals surface area contributed by atoms with E-state index >= 15 is 0 Å². The fourth-order valence-corrected chi connectivity index (χ4v) is 2.09. The number of aromatic nitrogens is 2. The minimum absolute atomic E-state index is 0.290. The van der Waals surface area contributed by atoms with Crippen LogP contribution in [0, 0.1) is 13.8 Å². The fraction of sp³-hybridized carbons (Fsp3) is 0.357. The van der Waals surface area contributed by atoms with Crippen molar-refractivity contribution in [2.24, 2.45) is 7.05 Å². The van der Waals surface area contributed by atoms with Crippen LogP contribution in [0.25, 0.3) is 0 Å². The third-order valence-corrected chi connectivity index (χ3v) is 2.83. The molecule has 1 aromatic heterocycles. The molecule has 0 aliphatic heterocycles. The van der Waals surface area contributed by atoms with Gasteiger partial charge in [-0.3, -0.25) is 4.68 Å². The summed E-state index contributed by atoms with van der Waals surface area (Å²) < 4.78 is 1.80. The second-order valence-corrected chi connectivity index (χ2v) is 4.69. The lowest BCUT2D eigenvalue weighted by molar-refractivity contribution is 0.767. The highest BCUT2D eigenvalue weighted by molar-refractivity contribution is 5.42. The minimum atomic E-state index is 0.290. The van der Waals surface area contributed by atoms with Crippen LogP contribution >= 0.6 is 0 Å². The summed E-state index contributed by atoms with van der Waals surface area (Å²) in [5, 5.41) is 7.60. The molecule has 2 aromatic rings. The van der Waals surface area contributed by atoms with Gasteiger partial charge in [0.2, 0.25) is 0 Å². The molecule has 3 nitrogen and oxygen atoms in total. The van der Waals surface area contributed by atoms with Crippen molar-refractivity contribution in [3.8, 4) is 0 Å². The smallest absolute Gasteiger partial charge is 0.0731 e. The lowest BCUT2D eigenvalue weighted by Gasteiger charge is -2.15. The molecule has 1 N–H and O–H groups in total. The summed E-state index contributed by atoms with van der Waals surface area (Å²) in [6, 6.07) is 6.93. The van der Waals surface area contributed by atoms with E-state index in [4.69, 9.17) is 0 Å². The number of nitrogens with one attached hydrogen (secondary N) is 1. The molecule has 0 amide bonds. The zero-order valence-electron chi connectivity index (χ0n) is 10.9. The summed E-state index contributed by atoms with van der Waals surface area (Å²) in [6.45, 7) is 6.43. The lowest BCUT2D eigenvalue weighted by Crippen LogP contribution is -2.06. The van der Waals surface area contributed by atoms with E-state index in [1.165, 1.54) is 16.7 Å². The van der Waals surface area contributed by atoms with E-state index in [-0.39, 0.29) is 6.04 Å². The highest BCUT2D eigenvalue weighted by Gasteiger charge is 2.07. The van der Waals surface area contributed by atoms with Crippen LogP contribution in [-0.2, 0) is 7.05 Å². The van der Waals surface area contributed by atoms with Crippen molar-refractivity contribution < 1.29 is 0 Å². The van der Waals surface area contributed by atoms with Crippen LogP contribution in [0.1, 0.15) is 29.7 Å². The zero-order chi connectivity index (χ0) is 12.4. The van der Waals surface area contributed by atoms with Crippen LogP contribution in [0.5, 0.6) is 0 Å².